The third-order valence-corrected chi connectivity index (χ3v) is 14.0. The van der Waals surface area contributed by atoms with Crippen molar-refractivity contribution in [3.05, 3.63) is 196 Å². The van der Waals surface area contributed by atoms with Crippen molar-refractivity contribution in [2.45, 2.75) is 91.9 Å². The molecule has 0 amide bonds. The van der Waals surface area contributed by atoms with Crippen molar-refractivity contribution in [1.29, 1.82) is 0 Å². The Labute approximate surface area is 378 Å². The van der Waals surface area contributed by atoms with Crippen LogP contribution in [0.2, 0.25) is 0 Å². The number of hydrogen-bond donors (Lipinski definition) is 0. The van der Waals surface area contributed by atoms with E-state index in [1.807, 2.05) is 12.4 Å². The second kappa shape index (κ2) is 14.6. The van der Waals surface area contributed by atoms with Crippen LogP contribution in [0.3, 0.4) is 0 Å². The van der Waals surface area contributed by atoms with Crippen molar-refractivity contribution in [1.82, 2.24) is 14.5 Å². The van der Waals surface area contributed by atoms with E-state index in [4.69, 9.17) is 6.58 Å². The van der Waals surface area contributed by atoms with Gasteiger partial charge in [0.15, 0.2) is 0 Å². The van der Waals surface area contributed by atoms with Crippen LogP contribution in [0, 0.1) is 13.8 Å². The van der Waals surface area contributed by atoms with Crippen molar-refractivity contribution in [3.63, 3.8) is 0 Å². The van der Waals surface area contributed by atoms with Crippen LogP contribution in [0.1, 0.15) is 99.2 Å². The molecule has 0 fully saturated rings. The van der Waals surface area contributed by atoms with Gasteiger partial charge < -0.3 is 9.47 Å². The van der Waals surface area contributed by atoms with Gasteiger partial charge in [0, 0.05) is 62.8 Å². The minimum atomic E-state index is 0.0986. The van der Waals surface area contributed by atoms with Crippen LogP contribution in [0.25, 0.3) is 60.9 Å². The average Bonchev–Trinajstić information content (AvgIpc) is 3.60. The van der Waals surface area contributed by atoms with Gasteiger partial charge in [0.2, 0.25) is 0 Å². The number of nitrogens with zero attached hydrogens (tertiary/aromatic N) is 4. The van der Waals surface area contributed by atoms with Gasteiger partial charge in [-0.05, 0) is 166 Å². The van der Waals surface area contributed by atoms with Crippen LogP contribution in [0.4, 0.5) is 11.4 Å². The minimum Gasteiger partial charge on any atom is -0.313 e. The number of rotatable bonds is 4. The standard InChI is InChI=1S/C60H56N4/c1-36-30-43-14-22-49-56-44(35-52-51-34-42(40-12-20-46(21-13-40)60(7,8)9)16-24-54(51)64(58(49)52)48-27-29-62-38(3)32-48)17-25-55(57(43)56)63(47-26-28-61-37(2)31-47)53-23-15-41(33-50(36)53)39-10-18-45(19-11-39)59(4,5)6/h10-13,15-16,18-21,23-24,26-35H,1,14,17,22,25H2,2-9H3/b43-30-. The summed E-state index contributed by atoms with van der Waals surface area (Å²) in [7, 11) is 0. The topological polar surface area (TPSA) is 34.0 Å². The highest BCUT2D eigenvalue weighted by Gasteiger charge is 2.36. The molecule has 64 heavy (non-hydrogen) atoms. The van der Waals surface area contributed by atoms with Crippen molar-refractivity contribution in [3.8, 4) is 27.9 Å². The molecule has 0 saturated carbocycles. The van der Waals surface area contributed by atoms with Gasteiger partial charge in [0.25, 0.3) is 0 Å². The molecular formula is C60H56N4. The van der Waals surface area contributed by atoms with Gasteiger partial charge in [0.1, 0.15) is 0 Å². The van der Waals surface area contributed by atoms with Crippen molar-refractivity contribution in [2.75, 3.05) is 4.90 Å². The minimum absolute atomic E-state index is 0.0986. The first kappa shape index (κ1) is 40.0. The lowest BCUT2D eigenvalue weighted by atomic mass is 9.73. The van der Waals surface area contributed by atoms with Gasteiger partial charge in [-0.25, -0.2) is 0 Å². The number of anilines is 2. The van der Waals surface area contributed by atoms with Gasteiger partial charge in [-0.15, -0.1) is 0 Å². The maximum Gasteiger partial charge on any atom is 0.0579 e. The Morgan fingerprint density at radius 3 is 1.80 bits per heavy atom. The molecule has 4 heterocycles. The highest BCUT2D eigenvalue weighted by Crippen LogP contribution is 2.53. The van der Waals surface area contributed by atoms with E-state index in [0.29, 0.717) is 0 Å². The molecule has 2 aliphatic carbocycles. The molecule has 3 aromatic heterocycles. The van der Waals surface area contributed by atoms with Crippen LogP contribution >= 0.6 is 0 Å². The number of aryl methyl sites for hydroxylation is 4. The fraction of sp³-hybridized carbons (Fsp3) is 0.233. The molecule has 11 rings (SSSR count). The lowest BCUT2D eigenvalue weighted by Crippen LogP contribution is -2.26. The molecule has 0 saturated heterocycles. The molecule has 0 bridgehead atoms. The summed E-state index contributed by atoms with van der Waals surface area (Å²) in [4.78, 5) is 11.9. The van der Waals surface area contributed by atoms with Crippen molar-refractivity contribution >= 4 is 44.3 Å². The highest BCUT2D eigenvalue weighted by atomic mass is 15.2. The van der Waals surface area contributed by atoms with E-state index in [1.54, 1.807) is 0 Å². The van der Waals surface area contributed by atoms with Crippen LogP contribution in [0.15, 0.2) is 152 Å². The molecule has 316 valence electrons. The third kappa shape index (κ3) is 6.57. The molecule has 0 spiro atoms. The number of pyridine rings is 2. The molecular weight excluding hydrogens is 777 g/mol. The molecule has 0 N–H and O–H groups in total. The highest BCUT2D eigenvalue weighted by molar-refractivity contribution is 6.14. The summed E-state index contributed by atoms with van der Waals surface area (Å²) in [6, 6.07) is 43.7. The second-order valence-electron chi connectivity index (χ2n) is 20.4. The largest absolute Gasteiger partial charge is 0.313 e. The summed E-state index contributed by atoms with van der Waals surface area (Å²) in [6.45, 7) is 22.7. The lowest BCUT2D eigenvalue weighted by molar-refractivity contribution is 0.590. The van der Waals surface area contributed by atoms with Gasteiger partial charge in [-0.3, -0.25) is 9.97 Å². The van der Waals surface area contributed by atoms with Gasteiger partial charge in [-0.2, -0.15) is 0 Å². The normalized spacial score (nSPS) is 15.8. The summed E-state index contributed by atoms with van der Waals surface area (Å²) in [6.07, 6.45) is 10.1. The number of allylic oxidation sites excluding steroid dienone is 5. The predicted octanol–water partition coefficient (Wildman–Crippen LogP) is 15.5. The molecule has 5 aromatic carbocycles. The Kier molecular flexibility index (Phi) is 9.15. The van der Waals surface area contributed by atoms with E-state index in [-0.39, 0.29) is 10.8 Å². The van der Waals surface area contributed by atoms with Crippen LogP contribution in [0.5, 0.6) is 0 Å². The molecule has 4 heteroatoms. The molecule has 4 nitrogen and oxygen atoms in total. The van der Waals surface area contributed by atoms with Crippen LogP contribution < -0.4 is 4.90 Å². The molecule has 0 unspecified atom stereocenters. The number of hydrogen-bond acceptors (Lipinski definition) is 3. The van der Waals surface area contributed by atoms with Gasteiger partial charge in [-0.1, -0.05) is 115 Å². The zero-order valence-corrected chi connectivity index (χ0v) is 38.5. The average molecular weight is 833 g/mol. The third-order valence-electron chi connectivity index (χ3n) is 14.0. The van der Waals surface area contributed by atoms with E-state index in [1.165, 1.54) is 88.7 Å². The fourth-order valence-corrected chi connectivity index (χ4v) is 10.7. The maximum absolute atomic E-state index is 4.84. The number of benzene rings is 5. The molecule has 0 radical (unpaired) electrons. The summed E-state index contributed by atoms with van der Waals surface area (Å²) < 4.78 is 2.53. The summed E-state index contributed by atoms with van der Waals surface area (Å²) in [5, 5.41) is 2.62. The summed E-state index contributed by atoms with van der Waals surface area (Å²) >= 11 is 0. The Hall–Kier alpha value is -6.78. The Morgan fingerprint density at radius 2 is 1.16 bits per heavy atom. The van der Waals surface area contributed by atoms with Crippen molar-refractivity contribution in [2.24, 2.45) is 0 Å². The van der Waals surface area contributed by atoms with E-state index in [0.717, 1.165) is 65.3 Å². The van der Waals surface area contributed by atoms with E-state index in [9.17, 15) is 0 Å². The maximum atomic E-state index is 4.84. The summed E-state index contributed by atoms with van der Waals surface area (Å²) in [5.41, 5.74) is 26.3. The number of fused-ring (bicyclic) bond motifs is 5. The summed E-state index contributed by atoms with van der Waals surface area (Å²) in [5.74, 6) is 0. The zero-order chi connectivity index (χ0) is 44.2. The van der Waals surface area contributed by atoms with E-state index < -0.39 is 0 Å². The Bertz CT molecular complexity index is 3300. The van der Waals surface area contributed by atoms with E-state index >= 15 is 0 Å². The van der Waals surface area contributed by atoms with Gasteiger partial charge in [0.05, 0.1) is 16.7 Å². The molecule has 8 aromatic rings. The first-order valence-electron chi connectivity index (χ1n) is 23.0. The molecule has 1 aliphatic heterocycles. The second-order valence-corrected chi connectivity index (χ2v) is 20.4. The zero-order valence-electron chi connectivity index (χ0n) is 38.5. The fourth-order valence-electron chi connectivity index (χ4n) is 10.7. The first-order valence-corrected chi connectivity index (χ1v) is 23.0. The Morgan fingerprint density at radius 1 is 0.562 bits per heavy atom. The first-order chi connectivity index (χ1) is 30.7. The Balaban J connectivity index is 1.14. The van der Waals surface area contributed by atoms with Crippen LogP contribution in [-0.4, -0.2) is 14.5 Å². The lowest BCUT2D eigenvalue weighted by Gasteiger charge is -2.40. The predicted molar refractivity (Wildman–Crippen MR) is 270 cm³/mol. The number of aromatic nitrogens is 3. The molecule has 0 atom stereocenters. The monoisotopic (exact) mass is 832 g/mol. The SMILES string of the molecule is C=C1/C=C2/CCc3c4c(cc5c6cc(-c7ccc(C(C)(C)C)cc7)ccc6n(-c6ccnc(C)c6)c35)CCC(=C24)N(c2ccnc(C)c2)c2ccc(-c3ccc(C(C)(C)C)cc3)cc21. The quantitative estimate of drug-likeness (QED) is 0.177. The van der Waals surface area contributed by atoms with Gasteiger partial charge >= 0.3 is 0 Å². The van der Waals surface area contributed by atoms with Crippen LogP contribution in [-0.2, 0) is 23.7 Å². The smallest absolute Gasteiger partial charge is 0.0579 e. The van der Waals surface area contributed by atoms with E-state index in [2.05, 4.69) is 196 Å². The molecule has 3 aliphatic rings. The van der Waals surface area contributed by atoms with Crippen molar-refractivity contribution < 1.29 is 0 Å².